The van der Waals surface area contributed by atoms with Crippen LogP contribution in [0, 0.1) is 0 Å². The van der Waals surface area contributed by atoms with E-state index < -0.39 is 11.6 Å². The van der Waals surface area contributed by atoms with Gasteiger partial charge in [0.15, 0.2) is 5.60 Å². The van der Waals surface area contributed by atoms with E-state index in [1.54, 1.807) is 19.0 Å². The number of rotatable bonds is 3. The molecule has 0 aliphatic rings. The number of aliphatic carboxylic acids is 1. The second kappa shape index (κ2) is 2.98. The zero-order chi connectivity index (χ0) is 8.36. The minimum absolute atomic E-state index is 0.127. The Morgan fingerprint density at radius 3 is 2.10 bits per heavy atom. The number of hydrogen-bond donors (Lipinski definition) is 2. The van der Waals surface area contributed by atoms with Crippen LogP contribution < -0.4 is 0 Å². The minimum Gasteiger partial charge on any atom is -0.479 e. The Hall–Kier alpha value is -0.610. The molecule has 60 valence electrons. The lowest BCUT2D eigenvalue weighted by molar-refractivity contribution is -0.157. The summed E-state index contributed by atoms with van der Waals surface area (Å²) in [4.78, 5) is 11.9. The molecule has 0 aromatic carbocycles. The highest BCUT2D eigenvalue weighted by Crippen LogP contribution is 2.03. The Morgan fingerprint density at radius 2 is 2.00 bits per heavy atom. The first kappa shape index (κ1) is 9.39. The number of carboxylic acid groups (broad SMARTS) is 1. The molecule has 0 radical (unpaired) electrons. The maximum atomic E-state index is 10.3. The number of carbonyl (C=O) groups is 1. The van der Waals surface area contributed by atoms with Crippen LogP contribution >= 0.6 is 0 Å². The van der Waals surface area contributed by atoms with E-state index in [0.717, 1.165) is 0 Å². The molecule has 0 aliphatic carbocycles. The van der Waals surface area contributed by atoms with Crippen molar-refractivity contribution in [3.8, 4) is 0 Å². The van der Waals surface area contributed by atoms with E-state index in [1.165, 1.54) is 6.92 Å². The summed E-state index contributed by atoms with van der Waals surface area (Å²) in [6.07, 6.45) is 0. The number of hydrogen-bond acceptors (Lipinski definition) is 3. The van der Waals surface area contributed by atoms with E-state index in [0.29, 0.717) is 0 Å². The molecule has 0 rings (SSSR count). The highest BCUT2D eigenvalue weighted by Gasteiger charge is 2.29. The van der Waals surface area contributed by atoms with Crippen molar-refractivity contribution in [3.63, 3.8) is 0 Å². The Balaban J connectivity index is 4.00. The Kier molecular flexibility index (Phi) is 2.80. The van der Waals surface area contributed by atoms with Gasteiger partial charge in [-0.05, 0) is 21.0 Å². The average Bonchev–Trinajstić information content (AvgIpc) is 1.60. The maximum absolute atomic E-state index is 10.3. The molecule has 0 aromatic rings. The first-order chi connectivity index (χ1) is 4.36. The summed E-state index contributed by atoms with van der Waals surface area (Å²) in [7, 11) is 3.41. The molecule has 0 amide bonds. The zero-order valence-corrected chi connectivity index (χ0v) is 6.46. The van der Waals surface area contributed by atoms with Crippen molar-refractivity contribution in [2.45, 2.75) is 12.5 Å². The Bertz CT molecular complexity index is 131. The molecule has 0 saturated heterocycles. The number of nitrogens with zero attached hydrogens (tertiary/aromatic N) is 1. The monoisotopic (exact) mass is 147 g/mol. The number of carboxylic acids is 1. The van der Waals surface area contributed by atoms with Gasteiger partial charge in [0.25, 0.3) is 0 Å². The minimum atomic E-state index is -1.64. The molecule has 0 bridgehead atoms. The van der Waals surface area contributed by atoms with Gasteiger partial charge in [0.2, 0.25) is 0 Å². The van der Waals surface area contributed by atoms with Crippen molar-refractivity contribution < 1.29 is 15.0 Å². The summed E-state index contributed by atoms with van der Waals surface area (Å²) >= 11 is 0. The highest BCUT2D eigenvalue weighted by atomic mass is 16.4. The van der Waals surface area contributed by atoms with Gasteiger partial charge in [-0.3, -0.25) is 0 Å². The van der Waals surface area contributed by atoms with E-state index >= 15 is 0 Å². The molecule has 0 aliphatic heterocycles. The van der Waals surface area contributed by atoms with Crippen LogP contribution in [0.25, 0.3) is 0 Å². The first-order valence-corrected chi connectivity index (χ1v) is 2.97. The standard InChI is InChI=1S/C6H13NO3/c1-6(10,5(8)9)4-7(2)3/h10H,4H2,1-3H3,(H,8,9). The van der Waals surface area contributed by atoms with Crippen LogP contribution in [0.2, 0.25) is 0 Å². The fourth-order valence-corrected chi connectivity index (χ4v) is 0.683. The van der Waals surface area contributed by atoms with E-state index in [2.05, 4.69) is 0 Å². The van der Waals surface area contributed by atoms with Gasteiger partial charge in [-0.25, -0.2) is 4.79 Å². The van der Waals surface area contributed by atoms with Crippen LogP contribution in [0.5, 0.6) is 0 Å². The van der Waals surface area contributed by atoms with Crippen molar-refractivity contribution in [3.05, 3.63) is 0 Å². The fraction of sp³-hybridized carbons (Fsp3) is 0.833. The topological polar surface area (TPSA) is 60.8 Å². The molecular formula is C6H13NO3. The molecular weight excluding hydrogens is 134 g/mol. The summed E-state index contributed by atoms with van der Waals surface area (Å²) in [5.41, 5.74) is -1.64. The molecule has 0 aromatic heterocycles. The van der Waals surface area contributed by atoms with E-state index in [-0.39, 0.29) is 6.54 Å². The van der Waals surface area contributed by atoms with Crippen molar-refractivity contribution in [1.82, 2.24) is 4.90 Å². The smallest absolute Gasteiger partial charge is 0.336 e. The van der Waals surface area contributed by atoms with Crippen molar-refractivity contribution in [1.29, 1.82) is 0 Å². The molecule has 0 heterocycles. The SMILES string of the molecule is CN(C)CC(C)(O)C(=O)O. The number of aliphatic hydroxyl groups is 1. The molecule has 2 N–H and O–H groups in total. The Morgan fingerprint density at radius 1 is 1.60 bits per heavy atom. The summed E-state index contributed by atoms with van der Waals surface area (Å²) in [5.74, 6) is -1.19. The van der Waals surface area contributed by atoms with Gasteiger partial charge in [-0.15, -0.1) is 0 Å². The molecule has 0 saturated carbocycles. The second-order valence-electron chi connectivity index (χ2n) is 2.82. The van der Waals surface area contributed by atoms with Gasteiger partial charge in [0, 0.05) is 6.54 Å². The van der Waals surface area contributed by atoms with E-state index in [9.17, 15) is 4.79 Å². The van der Waals surface area contributed by atoms with E-state index in [1.807, 2.05) is 0 Å². The Labute approximate surface area is 60.1 Å². The van der Waals surface area contributed by atoms with Crippen LogP contribution in [0.15, 0.2) is 0 Å². The third kappa shape index (κ3) is 2.80. The lowest BCUT2D eigenvalue weighted by Gasteiger charge is -2.21. The van der Waals surface area contributed by atoms with Crippen molar-refractivity contribution in [2.75, 3.05) is 20.6 Å². The van der Waals surface area contributed by atoms with Gasteiger partial charge in [-0.1, -0.05) is 0 Å². The maximum Gasteiger partial charge on any atom is 0.336 e. The number of likely N-dealkylation sites (N-methyl/N-ethyl adjacent to an activating group) is 1. The first-order valence-electron chi connectivity index (χ1n) is 2.97. The lowest BCUT2D eigenvalue weighted by atomic mass is 10.1. The second-order valence-corrected chi connectivity index (χ2v) is 2.82. The van der Waals surface area contributed by atoms with Gasteiger partial charge in [0.05, 0.1) is 0 Å². The average molecular weight is 147 g/mol. The van der Waals surface area contributed by atoms with Crippen LogP contribution in [-0.2, 0) is 4.79 Å². The van der Waals surface area contributed by atoms with Crippen LogP contribution in [0.1, 0.15) is 6.92 Å². The summed E-state index contributed by atoms with van der Waals surface area (Å²) in [6, 6.07) is 0. The molecule has 0 fully saturated rings. The van der Waals surface area contributed by atoms with Crippen LogP contribution in [0.3, 0.4) is 0 Å². The molecule has 4 nitrogen and oxygen atoms in total. The van der Waals surface area contributed by atoms with Crippen molar-refractivity contribution >= 4 is 5.97 Å². The van der Waals surface area contributed by atoms with Gasteiger partial charge in [-0.2, -0.15) is 0 Å². The van der Waals surface area contributed by atoms with Crippen LogP contribution in [-0.4, -0.2) is 47.3 Å². The van der Waals surface area contributed by atoms with E-state index in [4.69, 9.17) is 10.2 Å². The lowest BCUT2D eigenvalue weighted by Crippen LogP contribution is -2.44. The fourth-order valence-electron chi connectivity index (χ4n) is 0.683. The van der Waals surface area contributed by atoms with Gasteiger partial charge in [0.1, 0.15) is 0 Å². The summed E-state index contributed by atoms with van der Waals surface area (Å²) < 4.78 is 0. The summed E-state index contributed by atoms with van der Waals surface area (Å²) in [5, 5.41) is 17.5. The summed E-state index contributed by atoms with van der Waals surface area (Å²) in [6.45, 7) is 1.40. The third-order valence-corrected chi connectivity index (χ3v) is 1.08. The quantitative estimate of drug-likeness (QED) is 0.558. The molecule has 1 unspecified atom stereocenters. The zero-order valence-electron chi connectivity index (χ0n) is 6.46. The predicted octanol–water partition coefficient (Wildman–Crippen LogP) is -0.616. The molecule has 4 heteroatoms. The molecule has 1 atom stereocenters. The highest BCUT2D eigenvalue weighted by molar-refractivity contribution is 5.76. The largest absolute Gasteiger partial charge is 0.479 e. The normalized spacial score (nSPS) is 16.9. The molecule has 0 spiro atoms. The van der Waals surface area contributed by atoms with Gasteiger partial charge < -0.3 is 15.1 Å². The van der Waals surface area contributed by atoms with Crippen LogP contribution in [0.4, 0.5) is 0 Å². The van der Waals surface area contributed by atoms with Gasteiger partial charge >= 0.3 is 5.97 Å². The van der Waals surface area contributed by atoms with Crippen molar-refractivity contribution in [2.24, 2.45) is 0 Å². The molecule has 10 heavy (non-hydrogen) atoms. The third-order valence-electron chi connectivity index (χ3n) is 1.08. The predicted molar refractivity (Wildman–Crippen MR) is 36.8 cm³/mol.